The summed E-state index contributed by atoms with van der Waals surface area (Å²) >= 11 is 3.54. The van der Waals surface area contributed by atoms with E-state index in [2.05, 4.69) is 52.5 Å². The first-order valence-electron chi connectivity index (χ1n) is 6.45. The first kappa shape index (κ1) is 13.6. The number of hydrogen-bond donors (Lipinski definition) is 1. The number of allylic oxidation sites excluding steroid dienone is 1. The molecule has 3 heteroatoms. The van der Waals surface area contributed by atoms with Crippen molar-refractivity contribution in [1.82, 2.24) is 5.32 Å². The zero-order valence-corrected chi connectivity index (χ0v) is 12.5. The van der Waals surface area contributed by atoms with Crippen molar-refractivity contribution in [1.29, 1.82) is 0 Å². The Labute approximate surface area is 118 Å². The van der Waals surface area contributed by atoms with E-state index in [-0.39, 0.29) is 0 Å². The van der Waals surface area contributed by atoms with Crippen LogP contribution in [0.3, 0.4) is 0 Å². The molecule has 0 aliphatic heterocycles. The second-order valence-corrected chi connectivity index (χ2v) is 5.62. The molecule has 1 aromatic rings. The Kier molecular flexibility index (Phi) is 4.84. The van der Waals surface area contributed by atoms with Gasteiger partial charge in [-0.3, -0.25) is 0 Å². The van der Waals surface area contributed by atoms with Crippen molar-refractivity contribution in [3.05, 3.63) is 40.4 Å². The number of nitrogens with one attached hydrogen (secondary N) is 1. The van der Waals surface area contributed by atoms with Crippen molar-refractivity contribution in [3.63, 3.8) is 0 Å². The molecule has 1 aromatic carbocycles. The Hall–Kier alpha value is -0.800. The molecule has 2 atom stereocenters. The molecule has 2 rings (SSSR count). The minimum absolute atomic E-state index is 0.365. The molecule has 0 amide bonds. The molecule has 0 heterocycles. The molecule has 98 valence electrons. The SMILES string of the molecule is COc1ccc(C(C)NC2CC=CCC2)cc1Br. The van der Waals surface area contributed by atoms with Crippen molar-refractivity contribution >= 4 is 15.9 Å². The maximum absolute atomic E-state index is 5.25. The van der Waals surface area contributed by atoms with Crippen LogP contribution in [-0.2, 0) is 0 Å². The van der Waals surface area contributed by atoms with Gasteiger partial charge in [-0.15, -0.1) is 0 Å². The third kappa shape index (κ3) is 3.36. The van der Waals surface area contributed by atoms with Crippen LogP contribution >= 0.6 is 15.9 Å². The second kappa shape index (κ2) is 6.39. The Morgan fingerprint density at radius 1 is 1.39 bits per heavy atom. The average molecular weight is 310 g/mol. The van der Waals surface area contributed by atoms with Crippen LogP contribution in [0.25, 0.3) is 0 Å². The van der Waals surface area contributed by atoms with Crippen LogP contribution in [0.5, 0.6) is 5.75 Å². The Bertz CT molecular complexity index is 431. The lowest BCUT2D eigenvalue weighted by atomic mass is 9.99. The minimum Gasteiger partial charge on any atom is -0.496 e. The van der Waals surface area contributed by atoms with E-state index in [1.54, 1.807) is 7.11 Å². The van der Waals surface area contributed by atoms with Crippen LogP contribution < -0.4 is 10.1 Å². The van der Waals surface area contributed by atoms with Gasteiger partial charge in [0, 0.05) is 12.1 Å². The summed E-state index contributed by atoms with van der Waals surface area (Å²) in [5.41, 5.74) is 1.29. The summed E-state index contributed by atoms with van der Waals surface area (Å²) in [6.45, 7) is 2.21. The molecule has 2 unspecified atom stereocenters. The molecule has 2 nitrogen and oxygen atoms in total. The van der Waals surface area contributed by atoms with E-state index in [1.807, 2.05) is 6.07 Å². The highest BCUT2D eigenvalue weighted by Crippen LogP contribution is 2.28. The van der Waals surface area contributed by atoms with E-state index in [4.69, 9.17) is 4.74 Å². The third-order valence-corrected chi connectivity index (χ3v) is 4.05. The van der Waals surface area contributed by atoms with E-state index in [0.717, 1.165) is 16.6 Å². The van der Waals surface area contributed by atoms with Crippen LogP contribution in [0, 0.1) is 0 Å². The summed E-state index contributed by atoms with van der Waals surface area (Å²) in [5, 5.41) is 3.69. The first-order chi connectivity index (χ1) is 8.70. The van der Waals surface area contributed by atoms with Crippen molar-refractivity contribution in [2.75, 3.05) is 7.11 Å². The maximum Gasteiger partial charge on any atom is 0.133 e. The van der Waals surface area contributed by atoms with Crippen molar-refractivity contribution in [2.24, 2.45) is 0 Å². The number of rotatable bonds is 4. The molecule has 0 aromatic heterocycles. The monoisotopic (exact) mass is 309 g/mol. The van der Waals surface area contributed by atoms with Gasteiger partial charge in [0.25, 0.3) is 0 Å². The normalized spacial score (nSPS) is 20.7. The van der Waals surface area contributed by atoms with Gasteiger partial charge < -0.3 is 10.1 Å². The molecule has 0 saturated heterocycles. The smallest absolute Gasteiger partial charge is 0.133 e. The summed E-state index contributed by atoms with van der Waals surface area (Å²) in [7, 11) is 1.69. The predicted octanol–water partition coefficient (Wildman–Crippen LogP) is 4.22. The van der Waals surface area contributed by atoms with Crippen LogP contribution in [0.15, 0.2) is 34.8 Å². The van der Waals surface area contributed by atoms with Gasteiger partial charge in [0.1, 0.15) is 5.75 Å². The number of benzene rings is 1. The zero-order chi connectivity index (χ0) is 13.0. The summed E-state index contributed by atoms with van der Waals surface area (Å²) in [6.07, 6.45) is 8.11. The molecule has 0 saturated carbocycles. The molecule has 1 aliphatic rings. The highest BCUT2D eigenvalue weighted by Gasteiger charge is 2.14. The molecule has 18 heavy (non-hydrogen) atoms. The molecule has 0 fully saturated rings. The fourth-order valence-electron chi connectivity index (χ4n) is 2.35. The number of ether oxygens (including phenoxy) is 1. The van der Waals surface area contributed by atoms with Gasteiger partial charge in [0.15, 0.2) is 0 Å². The Balaban J connectivity index is 2.01. The van der Waals surface area contributed by atoms with Gasteiger partial charge in [-0.05, 0) is 59.8 Å². The minimum atomic E-state index is 0.365. The summed E-state index contributed by atoms with van der Waals surface area (Å²) in [5.74, 6) is 0.881. The standard InChI is InChI=1S/C15H20BrNO/c1-11(17-13-6-4-3-5-7-13)12-8-9-15(18-2)14(16)10-12/h3-4,8-11,13,17H,5-7H2,1-2H3. The highest BCUT2D eigenvalue weighted by atomic mass is 79.9. The van der Waals surface area contributed by atoms with Crippen LogP contribution in [-0.4, -0.2) is 13.2 Å². The Morgan fingerprint density at radius 2 is 2.22 bits per heavy atom. The van der Waals surface area contributed by atoms with Gasteiger partial charge in [-0.2, -0.15) is 0 Å². The lowest BCUT2D eigenvalue weighted by molar-refractivity contribution is 0.409. The molecule has 1 aliphatic carbocycles. The van der Waals surface area contributed by atoms with E-state index in [1.165, 1.54) is 18.4 Å². The van der Waals surface area contributed by atoms with E-state index in [9.17, 15) is 0 Å². The molecular weight excluding hydrogens is 290 g/mol. The first-order valence-corrected chi connectivity index (χ1v) is 7.24. The lowest BCUT2D eigenvalue weighted by Gasteiger charge is -2.24. The van der Waals surface area contributed by atoms with Crippen LogP contribution in [0.2, 0.25) is 0 Å². The molecule has 0 spiro atoms. The summed E-state index contributed by atoms with van der Waals surface area (Å²) in [6, 6.07) is 7.24. The van der Waals surface area contributed by atoms with Crippen molar-refractivity contribution in [3.8, 4) is 5.75 Å². The molecule has 0 bridgehead atoms. The predicted molar refractivity (Wildman–Crippen MR) is 79.0 cm³/mol. The van der Waals surface area contributed by atoms with Crippen LogP contribution in [0.1, 0.15) is 37.8 Å². The quantitative estimate of drug-likeness (QED) is 0.841. The Morgan fingerprint density at radius 3 is 2.83 bits per heavy atom. The maximum atomic E-state index is 5.25. The van der Waals surface area contributed by atoms with E-state index >= 15 is 0 Å². The van der Waals surface area contributed by atoms with Crippen molar-refractivity contribution < 1.29 is 4.74 Å². The third-order valence-electron chi connectivity index (χ3n) is 3.43. The number of methoxy groups -OCH3 is 1. The zero-order valence-electron chi connectivity index (χ0n) is 10.9. The number of halogens is 1. The summed E-state index contributed by atoms with van der Waals surface area (Å²) in [4.78, 5) is 0. The molecule has 1 N–H and O–H groups in total. The topological polar surface area (TPSA) is 21.3 Å². The van der Waals surface area contributed by atoms with Gasteiger partial charge in [-0.1, -0.05) is 18.2 Å². The molecular formula is C15H20BrNO. The van der Waals surface area contributed by atoms with E-state index in [0.29, 0.717) is 12.1 Å². The van der Waals surface area contributed by atoms with E-state index < -0.39 is 0 Å². The van der Waals surface area contributed by atoms with Crippen LogP contribution in [0.4, 0.5) is 0 Å². The largest absolute Gasteiger partial charge is 0.496 e. The van der Waals surface area contributed by atoms with Gasteiger partial charge >= 0.3 is 0 Å². The van der Waals surface area contributed by atoms with Gasteiger partial charge in [-0.25, -0.2) is 0 Å². The summed E-state index contributed by atoms with van der Waals surface area (Å²) < 4.78 is 6.27. The highest BCUT2D eigenvalue weighted by molar-refractivity contribution is 9.10. The average Bonchev–Trinajstić information content (AvgIpc) is 2.39. The van der Waals surface area contributed by atoms with Gasteiger partial charge in [0.2, 0.25) is 0 Å². The fourth-order valence-corrected chi connectivity index (χ4v) is 2.91. The molecule has 0 radical (unpaired) electrons. The lowest BCUT2D eigenvalue weighted by Crippen LogP contribution is -2.32. The fraction of sp³-hybridized carbons (Fsp3) is 0.467. The van der Waals surface area contributed by atoms with Gasteiger partial charge in [0.05, 0.1) is 11.6 Å². The van der Waals surface area contributed by atoms with Crippen molar-refractivity contribution in [2.45, 2.75) is 38.3 Å². The number of hydrogen-bond acceptors (Lipinski definition) is 2. The second-order valence-electron chi connectivity index (χ2n) is 4.76.